The van der Waals surface area contributed by atoms with E-state index >= 15 is 0 Å². The number of hydrogen-bond donors (Lipinski definition) is 0. The number of β-lactam (4-membered cyclic amide) rings is 1. The molecule has 0 N–H and O–H groups in total. The number of rotatable bonds is 10. The summed E-state index contributed by atoms with van der Waals surface area (Å²) in [6, 6.07) is 3.05. The second kappa shape index (κ2) is 11.3. The lowest BCUT2D eigenvalue weighted by atomic mass is 9.94. The van der Waals surface area contributed by atoms with Gasteiger partial charge in [0.1, 0.15) is 18.3 Å². The van der Waals surface area contributed by atoms with Crippen LogP contribution in [0.4, 0.5) is 5.69 Å². The standard InChI is InChI=1S/C20H24N6O9S/c1-13(24-7-9-33-10-8-24)18(20(28)34-11-14-3-5-15(6-4-14)26(29)30)25-16(12-35-36(2,31)32)17(19(25)27)22-23-21/h3-6,16-17H,7-12H2,1-2H3/b18-13+/t16-,17+/m1/s1. The number of non-ortho nitro benzene ring substituents is 1. The zero-order valence-electron chi connectivity index (χ0n) is 19.5. The first-order chi connectivity index (χ1) is 17.0. The molecule has 36 heavy (non-hydrogen) atoms. The maximum absolute atomic E-state index is 13.3. The summed E-state index contributed by atoms with van der Waals surface area (Å²) >= 11 is 0. The molecule has 2 fully saturated rings. The number of nitrogens with zero attached hydrogens (tertiary/aromatic N) is 6. The van der Waals surface area contributed by atoms with Crippen molar-refractivity contribution in [2.24, 2.45) is 5.11 Å². The van der Waals surface area contributed by atoms with Crippen molar-refractivity contribution in [3.05, 3.63) is 61.8 Å². The molecule has 2 aliphatic heterocycles. The maximum atomic E-state index is 13.3. The summed E-state index contributed by atoms with van der Waals surface area (Å²) in [7, 11) is -3.90. The van der Waals surface area contributed by atoms with Gasteiger partial charge < -0.3 is 14.4 Å². The summed E-state index contributed by atoms with van der Waals surface area (Å²) in [5.74, 6) is -1.61. The van der Waals surface area contributed by atoms with Crippen LogP contribution in [0.2, 0.25) is 0 Å². The molecule has 3 rings (SSSR count). The van der Waals surface area contributed by atoms with E-state index in [0.29, 0.717) is 37.6 Å². The van der Waals surface area contributed by atoms with E-state index in [4.69, 9.17) is 19.2 Å². The minimum Gasteiger partial charge on any atom is -0.456 e. The number of azide groups is 1. The van der Waals surface area contributed by atoms with E-state index in [0.717, 1.165) is 11.2 Å². The highest BCUT2D eigenvalue weighted by atomic mass is 32.2. The monoisotopic (exact) mass is 524 g/mol. The molecule has 194 valence electrons. The van der Waals surface area contributed by atoms with Gasteiger partial charge in [-0.25, -0.2) is 4.79 Å². The average molecular weight is 525 g/mol. The molecule has 0 radical (unpaired) electrons. The number of benzene rings is 1. The molecule has 0 unspecified atom stereocenters. The Morgan fingerprint density at radius 2 is 1.94 bits per heavy atom. The van der Waals surface area contributed by atoms with E-state index < -0.39 is 45.6 Å². The Bertz CT molecular complexity index is 1200. The predicted molar refractivity (Wildman–Crippen MR) is 122 cm³/mol. The van der Waals surface area contributed by atoms with Gasteiger partial charge in [0.25, 0.3) is 15.8 Å². The van der Waals surface area contributed by atoms with Crippen molar-refractivity contribution >= 4 is 27.7 Å². The molecule has 2 heterocycles. The van der Waals surface area contributed by atoms with Gasteiger partial charge in [-0.15, -0.1) is 0 Å². The van der Waals surface area contributed by atoms with E-state index in [1.807, 2.05) is 4.90 Å². The molecule has 2 saturated heterocycles. The summed E-state index contributed by atoms with van der Waals surface area (Å²) in [6.45, 7) is 2.45. The van der Waals surface area contributed by atoms with Crippen molar-refractivity contribution < 1.29 is 36.6 Å². The molecule has 16 heteroatoms. The lowest BCUT2D eigenvalue weighted by Gasteiger charge is -2.46. The van der Waals surface area contributed by atoms with E-state index in [1.165, 1.54) is 24.3 Å². The van der Waals surface area contributed by atoms with Crippen LogP contribution in [0, 0.1) is 10.1 Å². The number of allylic oxidation sites excluding steroid dienone is 1. The Balaban J connectivity index is 1.90. The number of likely N-dealkylation sites (tertiary alicyclic amines) is 1. The topological polar surface area (TPSA) is 194 Å². The zero-order chi connectivity index (χ0) is 26.5. The van der Waals surface area contributed by atoms with Crippen LogP contribution in [0.15, 0.2) is 40.8 Å². The predicted octanol–water partition coefficient (Wildman–Crippen LogP) is 1.07. The lowest BCUT2D eigenvalue weighted by Crippen LogP contribution is -2.66. The Kier molecular flexibility index (Phi) is 8.47. The molecule has 0 aliphatic carbocycles. The van der Waals surface area contributed by atoms with Crippen LogP contribution < -0.4 is 0 Å². The van der Waals surface area contributed by atoms with E-state index in [9.17, 15) is 28.1 Å². The van der Waals surface area contributed by atoms with Gasteiger partial charge in [0.2, 0.25) is 5.91 Å². The molecule has 1 aromatic carbocycles. The van der Waals surface area contributed by atoms with Gasteiger partial charge >= 0.3 is 5.97 Å². The summed E-state index contributed by atoms with van der Waals surface area (Å²) < 4.78 is 38.7. The Labute approximate surface area is 206 Å². The average Bonchev–Trinajstić information content (AvgIpc) is 2.85. The number of hydrogen-bond acceptors (Lipinski definition) is 11. The van der Waals surface area contributed by atoms with Gasteiger partial charge in [0.05, 0.1) is 37.0 Å². The Morgan fingerprint density at radius 3 is 2.50 bits per heavy atom. The number of ether oxygens (including phenoxy) is 2. The van der Waals surface area contributed by atoms with Gasteiger partial charge in [0.15, 0.2) is 0 Å². The second-order valence-corrected chi connectivity index (χ2v) is 9.59. The van der Waals surface area contributed by atoms with Gasteiger partial charge in [-0.1, -0.05) is 5.11 Å². The fourth-order valence-corrected chi connectivity index (χ4v) is 4.13. The minimum atomic E-state index is -3.90. The summed E-state index contributed by atoms with van der Waals surface area (Å²) in [4.78, 5) is 41.9. The van der Waals surface area contributed by atoms with Crippen LogP contribution in [0.3, 0.4) is 0 Å². The first-order valence-corrected chi connectivity index (χ1v) is 12.5. The number of carbonyl (C=O) groups is 2. The fraction of sp³-hybridized carbons (Fsp3) is 0.500. The lowest BCUT2D eigenvalue weighted by molar-refractivity contribution is -0.384. The SMILES string of the molecule is C/C(=C(/C(=O)OCc1ccc([N+](=O)[O-])cc1)N1C(=O)[C@@H](N=[N+]=[N-])[C@H]1COS(C)(=O)=O)N1CCOCC1. The second-order valence-electron chi connectivity index (χ2n) is 7.95. The van der Waals surface area contributed by atoms with Crippen LogP contribution in [-0.4, -0.2) is 86.3 Å². The molecule has 15 nitrogen and oxygen atoms in total. The van der Waals surface area contributed by atoms with Crippen molar-refractivity contribution in [1.29, 1.82) is 0 Å². The van der Waals surface area contributed by atoms with Crippen LogP contribution in [0.25, 0.3) is 10.4 Å². The molecule has 1 amide bonds. The fourth-order valence-electron chi connectivity index (χ4n) is 3.75. The maximum Gasteiger partial charge on any atom is 0.357 e. The third-order valence-electron chi connectivity index (χ3n) is 5.59. The van der Waals surface area contributed by atoms with Crippen molar-refractivity contribution in [3.8, 4) is 0 Å². The number of nitro benzene ring substituents is 1. The molecule has 0 aromatic heterocycles. The molecule has 2 aliphatic rings. The van der Waals surface area contributed by atoms with E-state index in [1.54, 1.807) is 6.92 Å². The molecule has 0 spiro atoms. The smallest absolute Gasteiger partial charge is 0.357 e. The first-order valence-electron chi connectivity index (χ1n) is 10.7. The van der Waals surface area contributed by atoms with E-state index in [2.05, 4.69) is 10.0 Å². The normalized spacial score (nSPS) is 20.7. The molecule has 2 atom stereocenters. The third-order valence-corrected chi connectivity index (χ3v) is 6.16. The van der Waals surface area contributed by atoms with Crippen molar-refractivity contribution in [2.45, 2.75) is 25.6 Å². The quantitative estimate of drug-likeness (QED) is 0.0491. The van der Waals surface area contributed by atoms with Gasteiger partial charge in [0, 0.05) is 35.8 Å². The largest absolute Gasteiger partial charge is 0.456 e. The van der Waals surface area contributed by atoms with Crippen LogP contribution in [-0.2, 0) is 40.0 Å². The van der Waals surface area contributed by atoms with Crippen molar-refractivity contribution in [1.82, 2.24) is 9.80 Å². The van der Waals surface area contributed by atoms with Gasteiger partial charge in [-0.3, -0.25) is 24.0 Å². The summed E-state index contributed by atoms with van der Waals surface area (Å²) in [5.41, 5.74) is 9.40. The van der Waals surface area contributed by atoms with Crippen molar-refractivity contribution in [3.63, 3.8) is 0 Å². The first kappa shape index (κ1) is 26.9. The number of amides is 1. The van der Waals surface area contributed by atoms with E-state index in [-0.39, 0.29) is 18.0 Å². The molecule has 1 aromatic rings. The molecule has 0 bridgehead atoms. The number of nitro groups is 1. The van der Waals surface area contributed by atoms with Crippen LogP contribution in [0.1, 0.15) is 12.5 Å². The third kappa shape index (κ3) is 6.28. The molecular formula is C20H24N6O9S. The summed E-state index contributed by atoms with van der Waals surface area (Å²) in [6.07, 6.45) is 0.828. The number of esters is 1. The highest BCUT2D eigenvalue weighted by Crippen LogP contribution is 2.32. The van der Waals surface area contributed by atoms with Crippen molar-refractivity contribution in [2.75, 3.05) is 39.2 Å². The highest BCUT2D eigenvalue weighted by Gasteiger charge is 2.51. The Morgan fingerprint density at radius 1 is 1.31 bits per heavy atom. The van der Waals surface area contributed by atoms with Crippen LogP contribution >= 0.6 is 0 Å². The van der Waals surface area contributed by atoms with Gasteiger partial charge in [-0.05, 0) is 30.2 Å². The summed E-state index contributed by atoms with van der Waals surface area (Å²) in [5, 5.41) is 14.3. The van der Waals surface area contributed by atoms with Crippen LogP contribution in [0.5, 0.6) is 0 Å². The number of carbonyl (C=O) groups excluding carboxylic acids is 2. The molecular weight excluding hydrogens is 500 g/mol. The highest BCUT2D eigenvalue weighted by molar-refractivity contribution is 7.85. The minimum absolute atomic E-state index is 0.127. The Hall–Kier alpha value is -3.72. The molecule has 0 saturated carbocycles. The zero-order valence-corrected chi connectivity index (χ0v) is 20.3. The van der Waals surface area contributed by atoms with Gasteiger partial charge in [-0.2, -0.15) is 8.42 Å². The number of morpholine rings is 1.